The number of nitrogens with one attached hydrogen (secondary N) is 1. The number of anilines is 1. The van der Waals surface area contributed by atoms with Gasteiger partial charge in [-0.2, -0.15) is 0 Å². The number of halogens is 3. The van der Waals surface area contributed by atoms with Gasteiger partial charge >= 0.3 is 0 Å². The van der Waals surface area contributed by atoms with Crippen LogP contribution in [0.2, 0.25) is 10.0 Å². The number of likely N-dealkylation sites (tertiary alicyclic amines) is 1. The summed E-state index contributed by atoms with van der Waals surface area (Å²) in [6.07, 6.45) is 1.70. The van der Waals surface area contributed by atoms with Gasteiger partial charge in [-0.25, -0.2) is 4.39 Å². The van der Waals surface area contributed by atoms with Crippen LogP contribution in [0.4, 0.5) is 10.1 Å². The van der Waals surface area contributed by atoms with E-state index < -0.39 is 0 Å². The molecule has 2 aromatic carbocycles. The lowest BCUT2D eigenvalue weighted by molar-refractivity contribution is -0.121. The molecule has 0 spiro atoms. The number of hydrogen-bond donors (Lipinski definition) is 1. The smallest absolute Gasteiger partial charge is 0.228 e. The molecule has 1 atom stereocenters. The molecule has 1 N–H and O–H groups in total. The molecule has 138 valence electrons. The van der Waals surface area contributed by atoms with Gasteiger partial charge in [0.25, 0.3) is 0 Å². The lowest BCUT2D eigenvalue weighted by Crippen LogP contribution is -2.40. The number of carbonyl (C=O) groups excluding carboxylic acids is 1. The predicted octanol–water partition coefficient (Wildman–Crippen LogP) is 5.29. The molecular formula is C20H21Cl2FN2O. The third-order valence-electron chi connectivity index (χ3n) is 4.76. The van der Waals surface area contributed by atoms with Crippen molar-refractivity contribution in [3.8, 4) is 0 Å². The van der Waals surface area contributed by atoms with E-state index in [0.29, 0.717) is 34.4 Å². The number of aryl methyl sites for hydroxylation is 1. The highest BCUT2D eigenvalue weighted by Crippen LogP contribution is 2.26. The average Bonchev–Trinajstić information content (AvgIpc) is 2.62. The quantitative estimate of drug-likeness (QED) is 0.763. The fourth-order valence-corrected chi connectivity index (χ4v) is 3.64. The molecule has 6 heteroatoms. The molecule has 1 unspecified atom stereocenters. The molecular weight excluding hydrogens is 374 g/mol. The zero-order chi connectivity index (χ0) is 18.7. The van der Waals surface area contributed by atoms with Crippen molar-refractivity contribution in [2.75, 3.05) is 18.4 Å². The Bertz CT molecular complexity index is 792. The number of piperidine rings is 1. The van der Waals surface area contributed by atoms with Crippen molar-refractivity contribution in [3.63, 3.8) is 0 Å². The SMILES string of the molecule is Cc1ccc(NC(=O)C2CCCN(Cc3c(F)cccc3Cl)C2)cc1Cl. The first-order valence-corrected chi connectivity index (χ1v) is 9.42. The Morgan fingerprint density at radius 3 is 2.81 bits per heavy atom. The normalized spacial score (nSPS) is 17.9. The van der Waals surface area contributed by atoms with Crippen LogP contribution in [0.3, 0.4) is 0 Å². The highest BCUT2D eigenvalue weighted by atomic mass is 35.5. The number of carbonyl (C=O) groups is 1. The molecule has 0 aromatic heterocycles. The molecule has 1 heterocycles. The van der Waals surface area contributed by atoms with Crippen molar-refractivity contribution in [2.45, 2.75) is 26.3 Å². The van der Waals surface area contributed by atoms with Gasteiger partial charge in [0, 0.05) is 34.4 Å². The summed E-state index contributed by atoms with van der Waals surface area (Å²) in [6, 6.07) is 10.2. The van der Waals surface area contributed by atoms with Crippen molar-refractivity contribution in [3.05, 3.63) is 63.4 Å². The minimum absolute atomic E-state index is 0.0331. The molecule has 3 nitrogen and oxygen atoms in total. The van der Waals surface area contributed by atoms with E-state index in [1.807, 2.05) is 19.1 Å². The molecule has 0 radical (unpaired) electrons. The molecule has 1 fully saturated rings. The van der Waals surface area contributed by atoms with E-state index in [1.165, 1.54) is 6.07 Å². The van der Waals surface area contributed by atoms with Crippen LogP contribution in [0.15, 0.2) is 36.4 Å². The molecule has 3 rings (SSSR count). The summed E-state index contributed by atoms with van der Waals surface area (Å²) in [5, 5.41) is 3.99. The van der Waals surface area contributed by atoms with Crippen LogP contribution < -0.4 is 5.32 Å². The molecule has 2 aromatic rings. The van der Waals surface area contributed by atoms with Gasteiger partial charge in [0.2, 0.25) is 5.91 Å². The summed E-state index contributed by atoms with van der Waals surface area (Å²) >= 11 is 12.2. The monoisotopic (exact) mass is 394 g/mol. The maximum atomic E-state index is 14.0. The molecule has 1 amide bonds. The lowest BCUT2D eigenvalue weighted by Gasteiger charge is -2.32. The summed E-state index contributed by atoms with van der Waals surface area (Å²) < 4.78 is 14.0. The van der Waals surface area contributed by atoms with Gasteiger partial charge in [-0.15, -0.1) is 0 Å². The van der Waals surface area contributed by atoms with Gasteiger partial charge < -0.3 is 5.32 Å². The summed E-state index contributed by atoms with van der Waals surface area (Å²) in [5.74, 6) is -0.484. The number of nitrogens with zero attached hydrogens (tertiary/aromatic N) is 1. The summed E-state index contributed by atoms with van der Waals surface area (Å²) in [5.41, 5.74) is 2.15. The van der Waals surface area contributed by atoms with Gasteiger partial charge in [-0.05, 0) is 56.1 Å². The van der Waals surface area contributed by atoms with Crippen LogP contribution in [0.1, 0.15) is 24.0 Å². The van der Waals surface area contributed by atoms with Crippen molar-refractivity contribution in [1.82, 2.24) is 4.90 Å². The number of benzene rings is 2. The Labute approximate surface area is 163 Å². The largest absolute Gasteiger partial charge is 0.326 e. The van der Waals surface area contributed by atoms with E-state index in [0.717, 1.165) is 24.9 Å². The molecule has 26 heavy (non-hydrogen) atoms. The molecule has 1 aliphatic rings. The third kappa shape index (κ3) is 4.56. The maximum absolute atomic E-state index is 14.0. The van der Waals surface area contributed by atoms with Gasteiger partial charge in [-0.3, -0.25) is 9.69 Å². The predicted molar refractivity (Wildman–Crippen MR) is 104 cm³/mol. The molecule has 0 bridgehead atoms. The lowest BCUT2D eigenvalue weighted by atomic mass is 9.96. The first-order valence-electron chi connectivity index (χ1n) is 8.66. The second-order valence-corrected chi connectivity index (χ2v) is 7.54. The van der Waals surface area contributed by atoms with Gasteiger partial charge in [0.1, 0.15) is 5.82 Å². The van der Waals surface area contributed by atoms with E-state index in [1.54, 1.807) is 18.2 Å². The van der Waals surface area contributed by atoms with Crippen LogP contribution in [0.5, 0.6) is 0 Å². The maximum Gasteiger partial charge on any atom is 0.228 e. The van der Waals surface area contributed by atoms with Crippen LogP contribution in [0.25, 0.3) is 0 Å². The van der Waals surface area contributed by atoms with Crippen molar-refractivity contribution in [2.24, 2.45) is 5.92 Å². The Kier molecular flexibility index (Phi) is 6.17. The Morgan fingerprint density at radius 2 is 2.08 bits per heavy atom. The average molecular weight is 395 g/mol. The Balaban J connectivity index is 1.64. The first kappa shape index (κ1) is 19.2. The van der Waals surface area contributed by atoms with Gasteiger partial charge in [0.05, 0.1) is 5.92 Å². The second-order valence-electron chi connectivity index (χ2n) is 6.73. The number of rotatable bonds is 4. The minimum Gasteiger partial charge on any atom is -0.326 e. The highest BCUT2D eigenvalue weighted by Gasteiger charge is 2.26. The molecule has 0 saturated carbocycles. The third-order valence-corrected chi connectivity index (χ3v) is 5.52. The topological polar surface area (TPSA) is 32.3 Å². The van der Waals surface area contributed by atoms with E-state index in [9.17, 15) is 9.18 Å². The summed E-state index contributed by atoms with van der Waals surface area (Å²) in [4.78, 5) is 14.7. The van der Waals surface area contributed by atoms with Crippen molar-refractivity contribution in [1.29, 1.82) is 0 Å². The summed E-state index contributed by atoms with van der Waals surface area (Å²) in [6.45, 7) is 3.73. The van der Waals surface area contributed by atoms with Crippen LogP contribution in [-0.2, 0) is 11.3 Å². The fraction of sp³-hybridized carbons (Fsp3) is 0.350. The minimum atomic E-state index is -0.307. The van der Waals surface area contributed by atoms with E-state index in [2.05, 4.69) is 10.2 Å². The highest BCUT2D eigenvalue weighted by molar-refractivity contribution is 6.31. The first-order chi connectivity index (χ1) is 12.4. The molecule has 1 saturated heterocycles. The van der Waals surface area contributed by atoms with Crippen molar-refractivity contribution >= 4 is 34.8 Å². The van der Waals surface area contributed by atoms with Gasteiger partial charge in [0.15, 0.2) is 0 Å². The molecule has 0 aliphatic carbocycles. The van der Waals surface area contributed by atoms with Crippen LogP contribution >= 0.6 is 23.2 Å². The standard InChI is InChI=1S/C20H21Cl2FN2O/c1-13-7-8-15(10-18(13)22)24-20(26)14-4-3-9-25(11-14)12-16-17(21)5-2-6-19(16)23/h2,5-8,10,14H,3-4,9,11-12H2,1H3,(H,24,26). The van der Waals surface area contributed by atoms with Gasteiger partial charge in [-0.1, -0.05) is 35.3 Å². The van der Waals surface area contributed by atoms with Crippen LogP contribution in [-0.4, -0.2) is 23.9 Å². The number of hydrogen-bond acceptors (Lipinski definition) is 2. The van der Waals surface area contributed by atoms with Crippen molar-refractivity contribution < 1.29 is 9.18 Å². The van der Waals surface area contributed by atoms with E-state index >= 15 is 0 Å². The Morgan fingerprint density at radius 1 is 1.27 bits per heavy atom. The summed E-state index contributed by atoms with van der Waals surface area (Å²) in [7, 11) is 0. The van der Waals surface area contributed by atoms with E-state index in [-0.39, 0.29) is 17.6 Å². The van der Waals surface area contributed by atoms with Crippen LogP contribution in [0, 0.1) is 18.7 Å². The zero-order valence-corrected chi connectivity index (χ0v) is 16.1. The second kappa shape index (κ2) is 8.38. The Hall–Kier alpha value is -1.62. The fourth-order valence-electron chi connectivity index (χ4n) is 3.24. The molecule has 1 aliphatic heterocycles. The zero-order valence-electron chi connectivity index (χ0n) is 14.6. The van der Waals surface area contributed by atoms with E-state index in [4.69, 9.17) is 23.2 Å². The number of amides is 1.